The average molecular weight is 415 g/mol. The van der Waals surface area contributed by atoms with Crippen LogP contribution in [0.1, 0.15) is 11.1 Å². The van der Waals surface area contributed by atoms with E-state index in [2.05, 4.69) is 17.4 Å². The number of anilines is 1. The van der Waals surface area contributed by atoms with Gasteiger partial charge in [-0.15, -0.1) is 0 Å². The summed E-state index contributed by atoms with van der Waals surface area (Å²) < 4.78 is 31.4. The Balaban J connectivity index is 1.42. The first-order chi connectivity index (χ1) is 15.3. The van der Waals surface area contributed by atoms with Crippen LogP contribution < -0.4 is 19.5 Å². The molecule has 1 N–H and O–H groups in total. The van der Waals surface area contributed by atoms with Gasteiger partial charge in [-0.05, 0) is 35.0 Å². The van der Waals surface area contributed by atoms with Crippen molar-refractivity contribution in [2.45, 2.75) is 13.2 Å². The molecule has 0 amide bonds. The van der Waals surface area contributed by atoms with Gasteiger partial charge in [-0.25, -0.2) is 4.39 Å². The van der Waals surface area contributed by atoms with Crippen LogP contribution >= 0.6 is 0 Å². The maximum absolute atomic E-state index is 14.0. The van der Waals surface area contributed by atoms with E-state index >= 15 is 0 Å². The lowest BCUT2D eigenvalue weighted by Crippen LogP contribution is -2.15. The van der Waals surface area contributed by atoms with Crippen LogP contribution in [-0.2, 0) is 13.2 Å². The van der Waals surface area contributed by atoms with Gasteiger partial charge < -0.3 is 19.5 Å². The van der Waals surface area contributed by atoms with Crippen LogP contribution in [0.3, 0.4) is 0 Å². The van der Waals surface area contributed by atoms with E-state index in [9.17, 15) is 4.39 Å². The van der Waals surface area contributed by atoms with Crippen LogP contribution in [0.2, 0.25) is 0 Å². The number of halogens is 1. The summed E-state index contributed by atoms with van der Waals surface area (Å²) in [4.78, 5) is 0. The third kappa shape index (κ3) is 4.12. The summed E-state index contributed by atoms with van der Waals surface area (Å²) in [5.41, 5.74) is 2.47. The van der Waals surface area contributed by atoms with Gasteiger partial charge in [-0.3, -0.25) is 0 Å². The standard InChI is InChI=1S/C26H22FNO3/c27-23-8-4-2-6-19(23)17-31-24-11-9-18-5-1-3-7-21(18)22(24)16-28-20-10-12-25-26(15-20)30-14-13-29-25/h1-12,15,28H,13-14,16-17H2. The maximum atomic E-state index is 14.0. The van der Waals surface area contributed by atoms with E-state index in [4.69, 9.17) is 14.2 Å². The van der Waals surface area contributed by atoms with Gasteiger partial charge in [0.1, 0.15) is 31.4 Å². The second kappa shape index (κ2) is 8.56. The largest absolute Gasteiger partial charge is 0.488 e. The molecule has 0 saturated heterocycles. The normalized spacial score (nSPS) is 12.5. The van der Waals surface area contributed by atoms with Gasteiger partial charge in [-0.2, -0.15) is 0 Å². The van der Waals surface area contributed by atoms with Gasteiger partial charge in [0.2, 0.25) is 0 Å². The first kappa shape index (κ1) is 19.2. The summed E-state index contributed by atoms with van der Waals surface area (Å²) in [6, 6.07) is 24.7. The fourth-order valence-corrected chi connectivity index (χ4v) is 3.75. The quantitative estimate of drug-likeness (QED) is 0.423. The van der Waals surface area contributed by atoms with E-state index in [-0.39, 0.29) is 12.4 Å². The SMILES string of the molecule is Fc1ccccc1COc1ccc2ccccc2c1CNc1ccc2c(c1)OCCO2. The highest BCUT2D eigenvalue weighted by Gasteiger charge is 2.14. The van der Waals surface area contributed by atoms with Gasteiger partial charge in [0, 0.05) is 29.4 Å². The minimum Gasteiger partial charge on any atom is -0.488 e. The number of ether oxygens (including phenoxy) is 3. The van der Waals surface area contributed by atoms with Crippen LogP contribution in [0.25, 0.3) is 10.8 Å². The molecule has 4 aromatic rings. The molecule has 5 rings (SSSR count). The molecule has 0 fully saturated rings. The number of hydrogen-bond donors (Lipinski definition) is 1. The topological polar surface area (TPSA) is 39.7 Å². The molecule has 5 heteroatoms. The Labute approximate surface area is 180 Å². The summed E-state index contributed by atoms with van der Waals surface area (Å²) in [6.07, 6.45) is 0. The van der Waals surface area contributed by atoms with Crippen molar-refractivity contribution in [2.75, 3.05) is 18.5 Å². The van der Waals surface area contributed by atoms with Crippen molar-refractivity contribution >= 4 is 16.5 Å². The second-order valence-corrected chi connectivity index (χ2v) is 7.36. The molecule has 0 bridgehead atoms. The fraction of sp³-hybridized carbons (Fsp3) is 0.154. The van der Waals surface area contributed by atoms with E-state index < -0.39 is 0 Å². The molecule has 0 atom stereocenters. The zero-order valence-electron chi connectivity index (χ0n) is 16.9. The van der Waals surface area contributed by atoms with Crippen molar-refractivity contribution in [1.29, 1.82) is 0 Å². The molecular formula is C26H22FNO3. The number of rotatable bonds is 6. The van der Waals surface area contributed by atoms with Crippen molar-refractivity contribution < 1.29 is 18.6 Å². The molecule has 1 aliphatic rings. The lowest BCUT2D eigenvalue weighted by atomic mass is 10.0. The molecular weight excluding hydrogens is 393 g/mol. The van der Waals surface area contributed by atoms with Gasteiger partial charge >= 0.3 is 0 Å². The molecule has 0 aromatic heterocycles. The Morgan fingerprint density at radius 2 is 1.65 bits per heavy atom. The van der Waals surface area contributed by atoms with Gasteiger partial charge in [0.25, 0.3) is 0 Å². The van der Waals surface area contributed by atoms with Gasteiger partial charge in [0.05, 0.1) is 0 Å². The van der Waals surface area contributed by atoms with Gasteiger partial charge in [-0.1, -0.05) is 48.5 Å². The Morgan fingerprint density at radius 3 is 2.55 bits per heavy atom. The predicted molar refractivity (Wildman–Crippen MR) is 119 cm³/mol. The highest BCUT2D eigenvalue weighted by atomic mass is 19.1. The van der Waals surface area contributed by atoms with Crippen LogP contribution in [0.5, 0.6) is 17.2 Å². The maximum Gasteiger partial charge on any atom is 0.163 e. The molecule has 1 aliphatic heterocycles. The number of nitrogens with one attached hydrogen (secondary N) is 1. The first-order valence-electron chi connectivity index (χ1n) is 10.3. The second-order valence-electron chi connectivity index (χ2n) is 7.36. The predicted octanol–water partition coefficient (Wildman–Crippen LogP) is 5.94. The van der Waals surface area contributed by atoms with Gasteiger partial charge in [0.15, 0.2) is 11.5 Å². The highest BCUT2D eigenvalue weighted by Crippen LogP contribution is 2.34. The first-order valence-corrected chi connectivity index (χ1v) is 10.3. The van der Waals surface area contributed by atoms with Crippen LogP contribution in [-0.4, -0.2) is 13.2 Å². The van der Waals surface area contributed by atoms with E-state index in [0.29, 0.717) is 25.3 Å². The minimum atomic E-state index is -0.265. The molecule has 156 valence electrons. The Hall–Kier alpha value is -3.73. The Bertz CT molecular complexity index is 1220. The lowest BCUT2D eigenvalue weighted by Gasteiger charge is -2.20. The van der Waals surface area contributed by atoms with Crippen molar-refractivity contribution in [3.63, 3.8) is 0 Å². The van der Waals surface area contributed by atoms with Crippen LogP contribution in [0.4, 0.5) is 10.1 Å². The molecule has 31 heavy (non-hydrogen) atoms. The lowest BCUT2D eigenvalue weighted by molar-refractivity contribution is 0.171. The summed E-state index contributed by atoms with van der Waals surface area (Å²) in [6.45, 7) is 1.84. The van der Waals surface area contributed by atoms with E-state index in [1.807, 2.05) is 48.5 Å². The summed E-state index contributed by atoms with van der Waals surface area (Å²) >= 11 is 0. The third-order valence-electron chi connectivity index (χ3n) is 5.35. The number of benzene rings is 4. The number of fused-ring (bicyclic) bond motifs is 2. The molecule has 0 spiro atoms. The van der Waals surface area contributed by atoms with E-state index in [0.717, 1.165) is 39.3 Å². The zero-order chi connectivity index (χ0) is 21.0. The van der Waals surface area contributed by atoms with Crippen molar-refractivity contribution in [1.82, 2.24) is 0 Å². The monoisotopic (exact) mass is 415 g/mol. The van der Waals surface area contributed by atoms with E-state index in [1.54, 1.807) is 12.1 Å². The third-order valence-corrected chi connectivity index (χ3v) is 5.35. The molecule has 4 nitrogen and oxygen atoms in total. The highest BCUT2D eigenvalue weighted by molar-refractivity contribution is 5.88. The molecule has 0 radical (unpaired) electrons. The average Bonchev–Trinajstić information content (AvgIpc) is 2.82. The number of hydrogen-bond acceptors (Lipinski definition) is 4. The summed E-state index contributed by atoms with van der Waals surface area (Å²) in [5, 5.41) is 5.68. The Kier molecular flexibility index (Phi) is 5.31. The summed E-state index contributed by atoms with van der Waals surface area (Å²) in [7, 11) is 0. The Morgan fingerprint density at radius 1 is 0.839 bits per heavy atom. The molecule has 0 unspecified atom stereocenters. The van der Waals surface area contributed by atoms with E-state index in [1.165, 1.54) is 6.07 Å². The minimum absolute atomic E-state index is 0.169. The smallest absolute Gasteiger partial charge is 0.163 e. The summed E-state index contributed by atoms with van der Waals surface area (Å²) in [5.74, 6) is 1.97. The zero-order valence-corrected chi connectivity index (χ0v) is 16.9. The molecule has 1 heterocycles. The van der Waals surface area contributed by atoms with Crippen molar-refractivity contribution in [3.8, 4) is 17.2 Å². The van der Waals surface area contributed by atoms with Crippen LogP contribution in [0.15, 0.2) is 78.9 Å². The molecule has 4 aromatic carbocycles. The molecule has 0 aliphatic carbocycles. The van der Waals surface area contributed by atoms with Crippen LogP contribution in [0, 0.1) is 5.82 Å². The van der Waals surface area contributed by atoms with Crippen molar-refractivity contribution in [2.24, 2.45) is 0 Å². The molecule has 0 saturated carbocycles. The van der Waals surface area contributed by atoms with Crippen molar-refractivity contribution in [3.05, 3.63) is 95.8 Å². The fourth-order valence-electron chi connectivity index (χ4n) is 3.75.